The number of rotatable bonds is 1. The van der Waals surface area contributed by atoms with Gasteiger partial charge in [-0.1, -0.05) is 6.07 Å². The van der Waals surface area contributed by atoms with Crippen molar-refractivity contribution in [3.63, 3.8) is 0 Å². The minimum absolute atomic E-state index is 0.286. The number of phenolic OH excluding ortho intramolecular Hbond substituents is 1. The van der Waals surface area contributed by atoms with Gasteiger partial charge in [0.2, 0.25) is 0 Å². The van der Waals surface area contributed by atoms with E-state index >= 15 is 0 Å². The molecule has 0 aromatic heterocycles. The molecule has 72 valence electrons. The molecule has 0 saturated heterocycles. The maximum atomic E-state index is 10.9. The molecule has 0 fully saturated rings. The van der Waals surface area contributed by atoms with Gasteiger partial charge in [0.1, 0.15) is 10.6 Å². The molecular weight excluding hydrogens is 279 g/mol. The third-order valence-electron chi connectivity index (χ3n) is 1.53. The molecule has 13 heavy (non-hydrogen) atoms. The second-order valence-electron chi connectivity index (χ2n) is 2.48. The van der Waals surface area contributed by atoms with Crippen LogP contribution in [0.3, 0.4) is 0 Å². The van der Waals surface area contributed by atoms with Crippen molar-refractivity contribution in [3.8, 4) is 5.75 Å². The number of benzene rings is 1. The molecule has 0 amide bonds. The topological polar surface area (TPSA) is 54.4 Å². The standard InChI is InChI=1S/C7H6BrClO3S/c1-4-2-3-5(13(9,11)12)7(10)6(4)8/h2-3,10H,1H3. The summed E-state index contributed by atoms with van der Waals surface area (Å²) < 4.78 is 22.1. The summed E-state index contributed by atoms with van der Waals surface area (Å²) in [6.45, 7) is 1.73. The molecule has 0 atom stereocenters. The number of hydrogen-bond donors (Lipinski definition) is 1. The van der Waals surface area contributed by atoms with E-state index < -0.39 is 9.05 Å². The Labute approximate surface area is 88.9 Å². The van der Waals surface area contributed by atoms with E-state index in [4.69, 9.17) is 10.7 Å². The van der Waals surface area contributed by atoms with Gasteiger partial charge >= 0.3 is 0 Å². The van der Waals surface area contributed by atoms with Crippen molar-refractivity contribution in [1.82, 2.24) is 0 Å². The minimum atomic E-state index is -3.88. The van der Waals surface area contributed by atoms with E-state index in [1.54, 1.807) is 13.0 Å². The third kappa shape index (κ3) is 2.15. The second-order valence-corrected chi connectivity index (χ2v) is 5.81. The van der Waals surface area contributed by atoms with Crippen LogP contribution in [0.15, 0.2) is 21.5 Å². The van der Waals surface area contributed by atoms with E-state index in [1.165, 1.54) is 6.07 Å². The Kier molecular flexibility index (Phi) is 2.89. The third-order valence-corrected chi connectivity index (χ3v) is 3.89. The lowest BCUT2D eigenvalue weighted by molar-refractivity contribution is 0.455. The Morgan fingerprint density at radius 1 is 1.46 bits per heavy atom. The summed E-state index contributed by atoms with van der Waals surface area (Å²) in [5.74, 6) is -0.352. The van der Waals surface area contributed by atoms with Crippen molar-refractivity contribution in [2.24, 2.45) is 0 Å². The second kappa shape index (κ2) is 3.48. The maximum Gasteiger partial charge on any atom is 0.265 e. The largest absolute Gasteiger partial charge is 0.505 e. The van der Waals surface area contributed by atoms with Crippen LogP contribution in [-0.2, 0) is 9.05 Å². The highest BCUT2D eigenvalue weighted by Gasteiger charge is 2.18. The van der Waals surface area contributed by atoms with Crippen LogP contribution < -0.4 is 0 Å². The Balaban J connectivity index is 3.53. The Morgan fingerprint density at radius 3 is 2.46 bits per heavy atom. The number of aryl methyl sites for hydroxylation is 1. The first-order valence-electron chi connectivity index (χ1n) is 3.27. The molecule has 0 saturated carbocycles. The van der Waals surface area contributed by atoms with E-state index in [-0.39, 0.29) is 10.6 Å². The van der Waals surface area contributed by atoms with Crippen LogP contribution in [0.1, 0.15) is 5.56 Å². The molecule has 0 aliphatic carbocycles. The molecule has 1 aromatic carbocycles. The van der Waals surface area contributed by atoms with Gasteiger partial charge in [-0.25, -0.2) is 8.42 Å². The lowest BCUT2D eigenvalue weighted by atomic mass is 10.2. The fraction of sp³-hybridized carbons (Fsp3) is 0.143. The quantitative estimate of drug-likeness (QED) is 0.806. The summed E-state index contributed by atoms with van der Waals surface area (Å²) >= 11 is 3.05. The van der Waals surface area contributed by atoms with E-state index in [0.717, 1.165) is 5.56 Å². The Hall–Kier alpha value is -0.260. The zero-order valence-electron chi connectivity index (χ0n) is 6.58. The smallest absolute Gasteiger partial charge is 0.265 e. The highest BCUT2D eigenvalue weighted by Crippen LogP contribution is 2.35. The number of hydrogen-bond acceptors (Lipinski definition) is 3. The fourth-order valence-electron chi connectivity index (χ4n) is 0.844. The van der Waals surface area contributed by atoms with Gasteiger partial charge in [-0.05, 0) is 34.5 Å². The lowest BCUT2D eigenvalue weighted by Crippen LogP contribution is -1.92. The van der Waals surface area contributed by atoms with Gasteiger partial charge in [0, 0.05) is 10.7 Å². The zero-order chi connectivity index (χ0) is 10.2. The molecule has 0 aliphatic rings. The number of halogens is 2. The predicted octanol–water partition coefficient (Wildman–Crippen LogP) is 2.39. The first-order chi connectivity index (χ1) is 5.84. The van der Waals surface area contributed by atoms with E-state index in [2.05, 4.69) is 15.9 Å². The molecule has 1 N–H and O–H groups in total. The molecule has 0 unspecified atom stereocenters. The van der Waals surface area contributed by atoms with Gasteiger partial charge in [0.25, 0.3) is 9.05 Å². The molecule has 0 bridgehead atoms. The average molecular weight is 286 g/mol. The first-order valence-corrected chi connectivity index (χ1v) is 6.37. The van der Waals surface area contributed by atoms with E-state index in [1.807, 2.05) is 0 Å². The van der Waals surface area contributed by atoms with Gasteiger partial charge in [-0.15, -0.1) is 0 Å². The zero-order valence-corrected chi connectivity index (χ0v) is 9.74. The Morgan fingerprint density at radius 2 is 2.00 bits per heavy atom. The Bertz CT molecular complexity index is 441. The van der Waals surface area contributed by atoms with Gasteiger partial charge in [-0.2, -0.15) is 0 Å². The SMILES string of the molecule is Cc1ccc(S(=O)(=O)Cl)c(O)c1Br. The van der Waals surface area contributed by atoms with Crippen LogP contribution in [0, 0.1) is 6.92 Å². The fourth-order valence-corrected chi connectivity index (χ4v) is 2.26. The maximum absolute atomic E-state index is 10.9. The van der Waals surface area contributed by atoms with Gasteiger partial charge in [0.15, 0.2) is 0 Å². The van der Waals surface area contributed by atoms with Gasteiger partial charge < -0.3 is 5.11 Å². The van der Waals surface area contributed by atoms with Crippen molar-refractivity contribution < 1.29 is 13.5 Å². The summed E-state index contributed by atoms with van der Waals surface area (Å²) in [7, 11) is 1.20. The first kappa shape index (κ1) is 10.8. The summed E-state index contributed by atoms with van der Waals surface area (Å²) in [6.07, 6.45) is 0. The van der Waals surface area contributed by atoms with Gasteiger partial charge in [-0.3, -0.25) is 0 Å². The van der Waals surface area contributed by atoms with Crippen LogP contribution in [0.2, 0.25) is 0 Å². The minimum Gasteiger partial charge on any atom is -0.505 e. The molecule has 1 rings (SSSR count). The van der Waals surface area contributed by atoms with Crippen molar-refractivity contribution >= 4 is 35.7 Å². The molecule has 0 spiro atoms. The summed E-state index contributed by atoms with van der Waals surface area (Å²) in [4.78, 5) is -0.286. The van der Waals surface area contributed by atoms with Crippen LogP contribution in [0.25, 0.3) is 0 Å². The van der Waals surface area contributed by atoms with Crippen molar-refractivity contribution in [2.45, 2.75) is 11.8 Å². The van der Waals surface area contributed by atoms with E-state index in [0.29, 0.717) is 4.47 Å². The van der Waals surface area contributed by atoms with Crippen LogP contribution in [0.5, 0.6) is 5.75 Å². The molecule has 0 aliphatic heterocycles. The summed E-state index contributed by atoms with van der Waals surface area (Å²) in [5.41, 5.74) is 0.738. The van der Waals surface area contributed by atoms with Crippen LogP contribution in [0.4, 0.5) is 0 Å². The molecule has 6 heteroatoms. The van der Waals surface area contributed by atoms with Crippen LogP contribution in [-0.4, -0.2) is 13.5 Å². The molecule has 0 heterocycles. The highest BCUT2D eigenvalue weighted by atomic mass is 79.9. The summed E-state index contributed by atoms with van der Waals surface area (Å²) in [5, 5.41) is 9.40. The normalized spacial score (nSPS) is 11.6. The van der Waals surface area contributed by atoms with E-state index in [9.17, 15) is 13.5 Å². The predicted molar refractivity (Wildman–Crippen MR) is 53.6 cm³/mol. The monoisotopic (exact) mass is 284 g/mol. The number of phenols is 1. The molecular formula is C7H6BrClO3S. The highest BCUT2D eigenvalue weighted by molar-refractivity contribution is 9.10. The average Bonchev–Trinajstić information content (AvgIpc) is 1.98. The number of aromatic hydroxyl groups is 1. The molecule has 0 radical (unpaired) electrons. The van der Waals surface area contributed by atoms with Crippen LogP contribution >= 0.6 is 26.6 Å². The summed E-state index contributed by atoms with van der Waals surface area (Å²) in [6, 6.07) is 2.82. The molecule has 1 aromatic rings. The van der Waals surface area contributed by atoms with Gasteiger partial charge in [0.05, 0.1) is 4.47 Å². The van der Waals surface area contributed by atoms with Crippen molar-refractivity contribution in [3.05, 3.63) is 22.2 Å². The lowest BCUT2D eigenvalue weighted by Gasteiger charge is -2.04. The molecule has 3 nitrogen and oxygen atoms in total. The van der Waals surface area contributed by atoms with Crippen molar-refractivity contribution in [1.29, 1.82) is 0 Å². The van der Waals surface area contributed by atoms with Crippen molar-refractivity contribution in [2.75, 3.05) is 0 Å².